The Labute approximate surface area is 168 Å². The van der Waals surface area contributed by atoms with Crippen molar-refractivity contribution in [3.63, 3.8) is 0 Å². The molecular weight excluding hydrogens is 359 g/mol. The van der Waals surface area contributed by atoms with Crippen molar-refractivity contribution in [3.8, 4) is 0 Å². The van der Waals surface area contributed by atoms with Crippen molar-refractivity contribution in [2.24, 2.45) is 34.5 Å². The molecule has 0 heterocycles. The molecule has 4 rings (SSSR count). The van der Waals surface area contributed by atoms with Gasteiger partial charge < -0.3 is 14.9 Å². The maximum atomic E-state index is 16.9. The molecule has 0 unspecified atom stereocenters. The van der Waals surface area contributed by atoms with Crippen LogP contribution in [0.4, 0.5) is 4.39 Å². The number of ether oxygens (including phenoxy) is 1. The highest BCUT2D eigenvalue weighted by molar-refractivity contribution is 5.71. The Balaban J connectivity index is 1.65. The lowest BCUT2D eigenvalue weighted by molar-refractivity contribution is -0.254. The first-order valence-electron chi connectivity index (χ1n) is 11.3. The van der Waals surface area contributed by atoms with Gasteiger partial charge in [0, 0.05) is 10.8 Å². The molecule has 0 saturated heterocycles. The number of hydrogen-bond acceptors (Lipinski definition) is 4. The Morgan fingerprint density at radius 3 is 2.43 bits per heavy atom. The van der Waals surface area contributed by atoms with Gasteiger partial charge in [-0.25, -0.2) is 4.39 Å². The van der Waals surface area contributed by atoms with E-state index in [1.165, 1.54) is 0 Å². The first-order valence-corrected chi connectivity index (χ1v) is 11.3. The fourth-order valence-electron chi connectivity index (χ4n) is 7.66. The van der Waals surface area contributed by atoms with Gasteiger partial charge in [-0.05, 0) is 69.1 Å². The van der Waals surface area contributed by atoms with Crippen LogP contribution in [0.25, 0.3) is 0 Å². The fraction of sp³-hybridized carbons (Fsp3) is 0.957. The molecule has 0 radical (unpaired) electrons. The fourth-order valence-corrected chi connectivity index (χ4v) is 7.66. The number of fused-ring (bicyclic) bond motifs is 5. The highest BCUT2D eigenvalue weighted by Gasteiger charge is 2.72. The molecule has 0 aromatic rings. The monoisotopic (exact) mass is 396 g/mol. The highest BCUT2D eigenvalue weighted by atomic mass is 19.1. The summed E-state index contributed by atoms with van der Waals surface area (Å²) in [5.74, 6) is -0.307. The van der Waals surface area contributed by atoms with E-state index < -0.39 is 17.2 Å². The van der Waals surface area contributed by atoms with Crippen molar-refractivity contribution in [2.45, 2.75) is 103 Å². The molecule has 0 aromatic carbocycles. The van der Waals surface area contributed by atoms with Gasteiger partial charge in [0.05, 0.1) is 18.1 Å². The molecule has 0 spiro atoms. The zero-order valence-corrected chi connectivity index (χ0v) is 17.8. The third-order valence-corrected chi connectivity index (χ3v) is 9.35. The smallest absolute Gasteiger partial charge is 0.308 e. The molecule has 0 aromatic heterocycles. The van der Waals surface area contributed by atoms with Gasteiger partial charge in [-0.15, -0.1) is 0 Å². The summed E-state index contributed by atoms with van der Waals surface area (Å²) in [6.45, 7) is 7.79. The molecule has 5 heteroatoms. The van der Waals surface area contributed by atoms with Crippen LogP contribution in [0.5, 0.6) is 0 Å². The van der Waals surface area contributed by atoms with E-state index in [9.17, 15) is 15.0 Å². The van der Waals surface area contributed by atoms with Gasteiger partial charge in [0.25, 0.3) is 0 Å². The van der Waals surface area contributed by atoms with Crippen LogP contribution in [-0.2, 0) is 9.53 Å². The first-order chi connectivity index (χ1) is 13.0. The van der Waals surface area contributed by atoms with Gasteiger partial charge in [-0.2, -0.15) is 0 Å². The van der Waals surface area contributed by atoms with E-state index in [1.807, 2.05) is 20.8 Å². The quantitative estimate of drug-likeness (QED) is 0.692. The minimum absolute atomic E-state index is 0.132. The van der Waals surface area contributed by atoms with Crippen LogP contribution in [-0.4, -0.2) is 40.2 Å². The average molecular weight is 397 g/mol. The molecular formula is C23H37FO4. The summed E-state index contributed by atoms with van der Waals surface area (Å²) in [6.07, 6.45) is 3.94. The van der Waals surface area contributed by atoms with Gasteiger partial charge in [0.15, 0.2) is 0 Å². The Kier molecular flexibility index (Phi) is 4.90. The van der Waals surface area contributed by atoms with Crippen LogP contribution in [0.1, 0.15) is 79.1 Å². The number of esters is 1. The standard InChI is InChI=1S/C23H37FO4/c1-13(2)20(27)28-19-8-7-16-17-6-5-14-11-15(25)9-10-22(14,4)23(17,24)18(26)12-21(16,19)3/h13-19,25-26H,5-12H2,1-4H3/t14-,15-,16-,17-,18-,19-,21-,22-,23-/m0/s1. The number of halogens is 1. The van der Waals surface area contributed by atoms with E-state index in [-0.39, 0.29) is 47.3 Å². The predicted octanol–water partition coefficient (Wildman–Crippen LogP) is 4.02. The van der Waals surface area contributed by atoms with E-state index in [0.717, 1.165) is 25.7 Å². The van der Waals surface area contributed by atoms with Gasteiger partial charge in [0.1, 0.15) is 11.8 Å². The van der Waals surface area contributed by atoms with Gasteiger partial charge in [0.2, 0.25) is 0 Å². The van der Waals surface area contributed by atoms with Crippen LogP contribution >= 0.6 is 0 Å². The lowest BCUT2D eigenvalue weighted by atomic mass is 9.42. The van der Waals surface area contributed by atoms with Crippen molar-refractivity contribution in [3.05, 3.63) is 0 Å². The molecule has 9 atom stereocenters. The van der Waals surface area contributed by atoms with Gasteiger partial charge >= 0.3 is 5.97 Å². The minimum atomic E-state index is -1.61. The number of aliphatic hydroxyl groups excluding tert-OH is 2. The predicted molar refractivity (Wildman–Crippen MR) is 104 cm³/mol. The lowest BCUT2D eigenvalue weighted by Crippen LogP contribution is -2.69. The number of carbonyl (C=O) groups is 1. The average Bonchev–Trinajstić information content (AvgIpc) is 2.93. The Hall–Kier alpha value is -0.680. The zero-order chi connectivity index (χ0) is 20.5. The molecule has 4 fully saturated rings. The summed E-state index contributed by atoms with van der Waals surface area (Å²) < 4.78 is 22.8. The normalized spacial score (nSPS) is 53.3. The molecule has 0 aliphatic heterocycles. The zero-order valence-electron chi connectivity index (χ0n) is 17.8. The number of aliphatic hydroxyl groups is 2. The second-order valence-corrected chi connectivity index (χ2v) is 11.0. The van der Waals surface area contributed by atoms with Gasteiger partial charge in [-0.3, -0.25) is 4.79 Å². The number of alkyl halides is 1. The van der Waals surface area contributed by atoms with Crippen LogP contribution in [0.2, 0.25) is 0 Å². The Morgan fingerprint density at radius 1 is 1.07 bits per heavy atom. The molecule has 0 bridgehead atoms. The van der Waals surface area contributed by atoms with Crippen molar-refractivity contribution >= 4 is 5.97 Å². The van der Waals surface area contributed by atoms with Gasteiger partial charge in [-0.1, -0.05) is 27.7 Å². The van der Waals surface area contributed by atoms with Crippen LogP contribution < -0.4 is 0 Å². The molecule has 160 valence electrons. The largest absolute Gasteiger partial charge is 0.462 e. The summed E-state index contributed by atoms with van der Waals surface area (Å²) in [7, 11) is 0. The maximum absolute atomic E-state index is 16.9. The van der Waals surface area contributed by atoms with E-state index in [1.54, 1.807) is 0 Å². The molecule has 4 aliphatic carbocycles. The summed E-state index contributed by atoms with van der Waals surface area (Å²) in [6, 6.07) is 0. The second-order valence-electron chi connectivity index (χ2n) is 11.0. The lowest BCUT2D eigenvalue weighted by Gasteiger charge is -2.65. The van der Waals surface area contributed by atoms with E-state index >= 15 is 4.39 Å². The molecule has 4 saturated carbocycles. The molecule has 28 heavy (non-hydrogen) atoms. The van der Waals surface area contributed by atoms with E-state index in [4.69, 9.17) is 4.74 Å². The van der Waals surface area contributed by atoms with Crippen molar-refractivity contribution in [1.82, 2.24) is 0 Å². The number of carbonyl (C=O) groups excluding carboxylic acids is 1. The number of rotatable bonds is 2. The summed E-state index contributed by atoms with van der Waals surface area (Å²) in [4.78, 5) is 12.2. The number of hydrogen-bond donors (Lipinski definition) is 2. The summed E-state index contributed by atoms with van der Waals surface area (Å²) in [5.41, 5.74) is -2.55. The third kappa shape index (κ3) is 2.64. The summed E-state index contributed by atoms with van der Waals surface area (Å²) in [5, 5.41) is 21.4. The highest BCUT2D eigenvalue weighted by Crippen LogP contribution is 2.69. The maximum Gasteiger partial charge on any atom is 0.308 e. The Bertz CT molecular complexity index is 638. The molecule has 4 aliphatic rings. The van der Waals surface area contributed by atoms with Crippen molar-refractivity contribution in [1.29, 1.82) is 0 Å². The van der Waals surface area contributed by atoms with Crippen molar-refractivity contribution in [2.75, 3.05) is 0 Å². The topological polar surface area (TPSA) is 66.8 Å². The Morgan fingerprint density at radius 2 is 1.75 bits per heavy atom. The molecule has 4 nitrogen and oxygen atoms in total. The van der Waals surface area contributed by atoms with E-state index in [2.05, 4.69) is 6.92 Å². The third-order valence-electron chi connectivity index (χ3n) is 9.35. The first kappa shape index (κ1) is 20.6. The van der Waals surface area contributed by atoms with Crippen LogP contribution in [0.15, 0.2) is 0 Å². The summed E-state index contributed by atoms with van der Waals surface area (Å²) >= 11 is 0. The van der Waals surface area contributed by atoms with Crippen molar-refractivity contribution < 1.29 is 24.1 Å². The molecule has 0 amide bonds. The van der Waals surface area contributed by atoms with E-state index in [0.29, 0.717) is 25.7 Å². The minimum Gasteiger partial charge on any atom is -0.462 e. The molecule has 2 N–H and O–H groups in total. The van der Waals surface area contributed by atoms with Crippen LogP contribution in [0.3, 0.4) is 0 Å². The van der Waals surface area contributed by atoms with Crippen LogP contribution in [0, 0.1) is 34.5 Å². The second kappa shape index (κ2) is 6.66. The SMILES string of the molecule is CC(C)C(=O)O[C@H]1CC[C@H]2[C@@H]3CC[C@H]4C[C@@H](O)CC[C@]4(C)[C@@]3(F)[C@@H](O)C[C@]12C.